The Morgan fingerprint density at radius 1 is 1.17 bits per heavy atom. The summed E-state index contributed by atoms with van der Waals surface area (Å²) in [6.07, 6.45) is 1.81. The van der Waals surface area contributed by atoms with Crippen LogP contribution < -0.4 is 5.56 Å². The zero-order valence-electron chi connectivity index (χ0n) is 16.3. The van der Waals surface area contributed by atoms with Gasteiger partial charge < -0.3 is 4.90 Å². The summed E-state index contributed by atoms with van der Waals surface area (Å²) in [5.74, 6) is 0.00877. The molecule has 5 nitrogen and oxygen atoms in total. The molecule has 0 fully saturated rings. The zero-order chi connectivity index (χ0) is 20.4. The van der Waals surface area contributed by atoms with Gasteiger partial charge in [0.05, 0.1) is 18.3 Å². The SMILES string of the molecule is Cc1ccc(-c2csc3ncn(CCC(=O)N(C)Cc4cccs4)c(=O)c23)cc1. The number of carbonyl (C=O) groups is 1. The average Bonchev–Trinajstić information content (AvgIpc) is 3.38. The topological polar surface area (TPSA) is 55.2 Å². The van der Waals surface area contributed by atoms with Crippen molar-refractivity contribution in [1.29, 1.82) is 0 Å². The third-order valence-corrected chi connectivity index (χ3v) is 6.64. The number of rotatable bonds is 6. The van der Waals surface area contributed by atoms with Gasteiger partial charge in [0, 0.05) is 35.8 Å². The Morgan fingerprint density at radius 3 is 2.69 bits per heavy atom. The van der Waals surface area contributed by atoms with Crippen LogP contribution >= 0.6 is 22.7 Å². The molecule has 7 heteroatoms. The van der Waals surface area contributed by atoms with Gasteiger partial charge in [-0.1, -0.05) is 35.9 Å². The number of hydrogen-bond donors (Lipinski definition) is 0. The maximum absolute atomic E-state index is 13.1. The van der Waals surface area contributed by atoms with E-state index in [1.807, 2.05) is 54.1 Å². The van der Waals surface area contributed by atoms with Crippen molar-refractivity contribution >= 4 is 38.8 Å². The molecular weight excluding hydrogens is 402 g/mol. The number of carbonyl (C=O) groups excluding carboxylic acids is 1. The summed E-state index contributed by atoms with van der Waals surface area (Å²) < 4.78 is 1.55. The van der Waals surface area contributed by atoms with Gasteiger partial charge in [0.1, 0.15) is 4.83 Å². The summed E-state index contributed by atoms with van der Waals surface area (Å²) in [6.45, 7) is 2.94. The molecule has 0 saturated heterocycles. The van der Waals surface area contributed by atoms with Gasteiger partial charge in [0.15, 0.2) is 0 Å². The molecule has 0 saturated carbocycles. The summed E-state index contributed by atoms with van der Waals surface area (Å²) in [4.78, 5) is 33.6. The summed E-state index contributed by atoms with van der Waals surface area (Å²) in [6, 6.07) is 12.1. The first-order chi connectivity index (χ1) is 14.0. The van der Waals surface area contributed by atoms with Crippen molar-refractivity contribution < 1.29 is 4.79 Å². The lowest BCUT2D eigenvalue weighted by molar-refractivity contribution is -0.130. The molecule has 1 amide bonds. The van der Waals surface area contributed by atoms with E-state index in [0.717, 1.165) is 20.8 Å². The van der Waals surface area contributed by atoms with Gasteiger partial charge in [-0.2, -0.15) is 0 Å². The van der Waals surface area contributed by atoms with Gasteiger partial charge in [0.25, 0.3) is 5.56 Å². The van der Waals surface area contributed by atoms with Crippen molar-refractivity contribution in [2.24, 2.45) is 0 Å². The van der Waals surface area contributed by atoms with E-state index in [1.165, 1.54) is 16.9 Å². The maximum atomic E-state index is 13.1. The average molecular weight is 424 g/mol. The highest BCUT2D eigenvalue weighted by atomic mass is 32.1. The van der Waals surface area contributed by atoms with Crippen LogP contribution in [0.15, 0.2) is 58.3 Å². The lowest BCUT2D eigenvalue weighted by Gasteiger charge is -2.16. The molecule has 0 spiro atoms. The van der Waals surface area contributed by atoms with Gasteiger partial charge in [0.2, 0.25) is 5.91 Å². The van der Waals surface area contributed by atoms with Gasteiger partial charge in [-0.15, -0.1) is 22.7 Å². The van der Waals surface area contributed by atoms with Crippen molar-refractivity contribution in [1.82, 2.24) is 14.5 Å². The van der Waals surface area contributed by atoms with Crippen molar-refractivity contribution in [3.8, 4) is 11.1 Å². The number of amides is 1. The number of nitrogens with zero attached hydrogens (tertiary/aromatic N) is 3. The molecule has 0 atom stereocenters. The summed E-state index contributed by atoms with van der Waals surface area (Å²) in [7, 11) is 1.79. The first kappa shape index (κ1) is 19.5. The third-order valence-electron chi connectivity index (χ3n) is 4.89. The fourth-order valence-electron chi connectivity index (χ4n) is 3.20. The Kier molecular flexibility index (Phi) is 5.60. The number of thiophene rings is 2. The normalized spacial score (nSPS) is 11.1. The number of fused-ring (bicyclic) bond motifs is 1. The first-order valence-corrected chi connectivity index (χ1v) is 11.1. The molecule has 0 bridgehead atoms. The van der Waals surface area contributed by atoms with Crippen LogP contribution in [0.1, 0.15) is 16.9 Å². The molecule has 148 valence electrons. The van der Waals surface area contributed by atoms with E-state index in [2.05, 4.69) is 4.98 Å². The van der Waals surface area contributed by atoms with E-state index >= 15 is 0 Å². The molecule has 0 aliphatic rings. The van der Waals surface area contributed by atoms with E-state index < -0.39 is 0 Å². The first-order valence-electron chi connectivity index (χ1n) is 9.33. The predicted molar refractivity (Wildman–Crippen MR) is 119 cm³/mol. The van der Waals surface area contributed by atoms with Crippen molar-refractivity contribution in [3.05, 3.63) is 74.3 Å². The highest BCUT2D eigenvalue weighted by Crippen LogP contribution is 2.30. The lowest BCUT2D eigenvalue weighted by Crippen LogP contribution is -2.29. The van der Waals surface area contributed by atoms with Crippen molar-refractivity contribution in [2.75, 3.05) is 7.05 Å². The van der Waals surface area contributed by atoms with Crippen LogP contribution in [0.5, 0.6) is 0 Å². The maximum Gasteiger partial charge on any atom is 0.262 e. The Balaban J connectivity index is 1.54. The third kappa shape index (κ3) is 4.16. The monoisotopic (exact) mass is 423 g/mol. The van der Waals surface area contributed by atoms with E-state index in [9.17, 15) is 9.59 Å². The molecule has 0 radical (unpaired) electrons. The molecule has 0 unspecified atom stereocenters. The van der Waals surface area contributed by atoms with E-state index in [0.29, 0.717) is 18.5 Å². The second kappa shape index (κ2) is 8.31. The molecule has 1 aromatic carbocycles. The Morgan fingerprint density at radius 2 is 1.97 bits per heavy atom. The second-order valence-corrected chi connectivity index (χ2v) is 8.91. The molecule has 4 rings (SSSR count). The molecule has 0 aliphatic heterocycles. The largest absolute Gasteiger partial charge is 0.341 e. The summed E-state index contributed by atoms with van der Waals surface area (Å²) in [5, 5.41) is 4.61. The van der Waals surface area contributed by atoms with Crippen LogP contribution in [-0.2, 0) is 17.9 Å². The molecule has 0 aliphatic carbocycles. The van der Waals surface area contributed by atoms with Crippen LogP contribution in [0.2, 0.25) is 0 Å². The highest BCUT2D eigenvalue weighted by molar-refractivity contribution is 7.17. The smallest absolute Gasteiger partial charge is 0.262 e. The number of benzene rings is 1. The number of aromatic nitrogens is 2. The minimum absolute atomic E-state index is 0.00877. The fraction of sp³-hybridized carbons (Fsp3) is 0.227. The number of hydrogen-bond acceptors (Lipinski definition) is 5. The van der Waals surface area contributed by atoms with Gasteiger partial charge in [-0.3, -0.25) is 14.2 Å². The van der Waals surface area contributed by atoms with Crippen molar-refractivity contribution in [3.63, 3.8) is 0 Å². The Bertz CT molecular complexity index is 1190. The van der Waals surface area contributed by atoms with Gasteiger partial charge in [-0.25, -0.2) is 4.98 Å². The molecule has 3 aromatic heterocycles. The fourth-order valence-corrected chi connectivity index (χ4v) is 4.87. The Labute approximate surface area is 176 Å². The quantitative estimate of drug-likeness (QED) is 0.457. The van der Waals surface area contributed by atoms with E-state index in [-0.39, 0.29) is 17.9 Å². The van der Waals surface area contributed by atoms with Crippen LogP contribution in [0.3, 0.4) is 0 Å². The standard InChI is InChI=1S/C22H21N3O2S2/c1-15-5-7-16(8-6-15)18-13-29-21-20(18)22(27)25(14-23-21)10-9-19(26)24(2)12-17-4-3-11-28-17/h3-8,11,13-14H,9-10,12H2,1-2H3. The van der Waals surface area contributed by atoms with Crippen molar-refractivity contribution in [2.45, 2.75) is 26.4 Å². The zero-order valence-corrected chi connectivity index (χ0v) is 17.9. The molecule has 29 heavy (non-hydrogen) atoms. The minimum Gasteiger partial charge on any atom is -0.341 e. The number of aryl methyl sites for hydroxylation is 2. The predicted octanol–water partition coefficient (Wildman–Crippen LogP) is 4.54. The molecule has 0 N–H and O–H groups in total. The minimum atomic E-state index is -0.0967. The van der Waals surface area contributed by atoms with E-state index in [1.54, 1.807) is 34.2 Å². The van der Waals surface area contributed by atoms with Gasteiger partial charge >= 0.3 is 0 Å². The molecule has 3 heterocycles. The van der Waals surface area contributed by atoms with Crippen LogP contribution in [0.25, 0.3) is 21.3 Å². The summed E-state index contributed by atoms with van der Waals surface area (Å²) >= 11 is 3.10. The summed E-state index contributed by atoms with van der Waals surface area (Å²) in [5.41, 5.74) is 2.98. The van der Waals surface area contributed by atoms with Crippen LogP contribution in [0.4, 0.5) is 0 Å². The van der Waals surface area contributed by atoms with Crippen LogP contribution in [0, 0.1) is 6.92 Å². The highest BCUT2D eigenvalue weighted by Gasteiger charge is 2.15. The van der Waals surface area contributed by atoms with Gasteiger partial charge in [-0.05, 0) is 23.9 Å². The second-order valence-electron chi connectivity index (χ2n) is 7.02. The molecular formula is C22H21N3O2S2. The van der Waals surface area contributed by atoms with E-state index in [4.69, 9.17) is 0 Å². The lowest BCUT2D eigenvalue weighted by atomic mass is 10.1. The Hall–Kier alpha value is -2.77. The van der Waals surface area contributed by atoms with Crippen LogP contribution in [-0.4, -0.2) is 27.4 Å². The molecule has 4 aromatic rings.